The van der Waals surface area contributed by atoms with E-state index in [0.717, 1.165) is 6.04 Å². The Hall–Kier alpha value is -0.300. The lowest BCUT2D eigenvalue weighted by Gasteiger charge is -2.38. The summed E-state index contributed by atoms with van der Waals surface area (Å²) in [6, 6.07) is 0.725. The molecule has 1 heterocycles. The van der Waals surface area contributed by atoms with Crippen molar-refractivity contribution >= 4 is 0 Å². The predicted octanol–water partition coefficient (Wildman–Crippen LogP) is 2.05. The molecule has 58 valence electrons. The molecule has 0 N–H and O–H groups in total. The van der Waals surface area contributed by atoms with Gasteiger partial charge in [0.15, 0.2) is 0 Å². The maximum Gasteiger partial charge on any atom is 0.0214 e. The summed E-state index contributed by atoms with van der Waals surface area (Å²) < 4.78 is 0. The van der Waals surface area contributed by atoms with Gasteiger partial charge in [-0.25, -0.2) is 0 Å². The van der Waals surface area contributed by atoms with Crippen molar-refractivity contribution in [3.63, 3.8) is 0 Å². The summed E-state index contributed by atoms with van der Waals surface area (Å²) in [6.07, 6.45) is 0. The van der Waals surface area contributed by atoms with Gasteiger partial charge in [-0.15, -0.1) is 0 Å². The molecular formula is C9H17N. The quantitative estimate of drug-likeness (QED) is 0.502. The van der Waals surface area contributed by atoms with Crippen LogP contribution in [-0.4, -0.2) is 24.0 Å². The molecule has 0 spiro atoms. The third-order valence-corrected chi connectivity index (χ3v) is 2.23. The van der Waals surface area contributed by atoms with Gasteiger partial charge in [0.2, 0.25) is 0 Å². The van der Waals surface area contributed by atoms with Crippen LogP contribution in [0.2, 0.25) is 0 Å². The van der Waals surface area contributed by atoms with Crippen LogP contribution in [0.1, 0.15) is 27.7 Å². The SMILES string of the molecule is CC(C)=C1CN(C(C)C)C1. The summed E-state index contributed by atoms with van der Waals surface area (Å²) >= 11 is 0. The van der Waals surface area contributed by atoms with Crippen molar-refractivity contribution in [2.75, 3.05) is 13.1 Å². The number of hydrogen-bond donors (Lipinski definition) is 0. The molecule has 1 saturated heterocycles. The largest absolute Gasteiger partial charge is 0.293 e. The summed E-state index contributed by atoms with van der Waals surface area (Å²) in [6.45, 7) is 11.3. The molecule has 1 nitrogen and oxygen atoms in total. The van der Waals surface area contributed by atoms with Crippen molar-refractivity contribution in [2.24, 2.45) is 0 Å². The zero-order valence-electron chi connectivity index (χ0n) is 7.44. The Morgan fingerprint density at radius 1 is 1.30 bits per heavy atom. The molecule has 1 rings (SSSR count). The van der Waals surface area contributed by atoms with Gasteiger partial charge in [0.25, 0.3) is 0 Å². The van der Waals surface area contributed by atoms with E-state index in [2.05, 4.69) is 32.6 Å². The topological polar surface area (TPSA) is 3.24 Å². The average molecular weight is 139 g/mol. The molecule has 10 heavy (non-hydrogen) atoms. The highest BCUT2D eigenvalue weighted by molar-refractivity contribution is 5.20. The van der Waals surface area contributed by atoms with Crippen LogP contribution in [0, 0.1) is 0 Å². The van der Waals surface area contributed by atoms with Crippen molar-refractivity contribution in [2.45, 2.75) is 33.7 Å². The molecule has 0 unspecified atom stereocenters. The van der Waals surface area contributed by atoms with Gasteiger partial charge in [0.1, 0.15) is 0 Å². The Morgan fingerprint density at radius 3 is 2.10 bits per heavy atom. The summed E-state index contributed by atoms with van der Waals surface area (Å²) in [5, 5.41) is 0. The lowest BCUT2D eigenvalue weighted by molar-refractivity contribution is 0.197. The monoisotopic (exact) mass is 139 g/mol. The Kier molecular flexibility index (Phi) is 2.14. The Balaban J connectivity index is 2.38. The maximum atomic E-state index is 2.47. The van der Waals surface area contributed by atoms with E-state index in [-0.39, 0.29) is 0 Å². The first-order chi connectivity index (χ1) is 4.61. The zero-order chi connectivity index (χ0) is 7.72. The minimum atomic E-state index is 0.725. The minimum Gasteiger partial charge on any atom is -0.293 e. The van der Waals surface area contributed by atoms with Gasteiger partial charge in [-0.2, -0.15) is 0 Å². The molecule has 1 fully saturated rings. The lowest BCUT2D eigenvalue weighted by atomic mass is 10.0. The highest BCUT2D eigenvalue weighted by Gasteiger charge is 2.22. The van der Waals surface area contributed by atoms with Crippen molar-refractivity contribution in [1.82, 2.24) is 4.90 Å². The fourth-order valence-electron chi connectivity index (χ4n) is 1.13. The van der Waals surface area contributed by atoms with E-state index in [1.54, 1.807) is 5.57 Å². The first-order valence-electron chi connectivity index (χ1n) is 4.00. The molecule has 0 radical (unpaired) electrons. The van der Waals surface area contributed by atoms with Crippen molar-refractivity contribution in [1.29, 1.82) is 0 Å². The van der Waals surface area contributed by atoms with Crippen LogP contribution >= 0.6 is 0 Å². The molecule has 0 aliphatic carbocycles. The molecule has 0 saturated carbocycles. The van der Waals surface area contributed by atoms with Crippen LogP contribution in [0.15, 0.2) is 11.1 Å². The van der Waals surface area contributed by atoms with Crippen LogP contribution < -0.4 is 0 Å². The van der Waals surface area contributed by atoms with Crippen molar-refractivity contribution in [3.05, 3.63) is 11.1 Å². The molecule has 0 amide bonds. The van der Waals surface area contributed by atoms with Gasteiger partial charge in [0, 0.05) is 19.1 Å². The van der Waals surface area contributed by atoms with Gasteiger partial charge in [-0.1, -0.05) is 5.57 Å². The molecule has 1 heteroatoms. The smallest absolute Gasteiger partial charge is 0.0214 e. The molecular weight excluding hydrogens is 122 g/mol. The van der Waals surface area contributed by atoms with Crippen LogP contribution in [0.5, 0.6) is 0 Å². The van der Waals surface area contributed by atoms with Crippen molar-refractivity contribution < 1.29 is 0 Å². The highest BCUT2D eigenvalue weighted by Crippen LogP contribution is 2.19. The Morgan fingerprint density at radius 2 is 1.80 bits per heavy atom. The molecule has 0 aromatic carbocycles. The first-order valence-corrected chi connectivity index (χ1v) is 4.00. The van der Waals surface area contributed by atoms with E-state index >= 15 is 0 Å². The van der Waals surface area contributed by atoms with E-state index in [1.165, 1.54) is 18.7 Å². The van der Waals surface area contributed by atoms with Crippen LogP contribution in [0.4, 0.5) is 0 Å². The molecule has 1 aliphatic rings. The Bertz CT molecular complexity index is 144. The van der Waals surface area contributed by atoms with Gasteiger partial charge in [-0.3, -0.25) is 4.90 Å². The minimum absolute atomic E-state index is 0.725. The lowest BCUT2D eigenvalue weighted by Crippen LogP contribution is -2.44. The fourth-order valence-corrected chi connectivity index (χ4v) is 1.13. The van der Waals surface area contributed by atoms with E-state index < -0.39 is 0 Å². The molecule has 0 bridgehead atoms. The number of rotatable bonds is 1. The summed E-state index contributed by atoms with van der Waals surface area (Å²) in [4.78, 5) is 2.47. The molecule has 0 aromatic rings. The predicted molar refractivity (Wildman–Crippen MR) is 45.1 cm³/mol. The number of likely N-dealkylation sites (tertiary alicyclic amines) is 1. The molecule has 1 aliphatic heterocycles. The third-order valence-electron chi connectivity index (χ3n) is 2.23. The van der Waals surface area contributed by atoms with E-state index in [0.29, 0.717) is 0 Å². The highest BCUT2D eigenvalue weighted by atomic mass is 15.2. The van der Waals surface area contributed by atoms with Gasteiger partial charge >= 0.3 is 0 Å². The van der Waals surface area contributed by atoms with E-state index in [4.69, 9.17) is 0 Å². The van der Waals surface area contributed by atoms with E-state index in [9.17, 15) is 0 Å². The second-order valence-electron chi connectivity index (χ2n) is 3.60. The van der Waals surface area contributed by atoms with Crippen LogP contribution in [0.25, 0.3) is 0 Å². The standard InChI is InChI=1S/C9H17N/c1-7(2)9-5-10(6-9)8(3)4/h8H,5-6H2,1-4H3. The Labute approximate surface area is 63.7 Å². The van der Waals surface area contributed by atoms with Gasteiger partial charge in [-0.05, 0) is 33.3 Å². The number of hydrogen-bond acceptors (Lipinski definition) is 1. The summed E-state index contributed by atoms with van der Waals surface area (Å²) in [5.41, 5.74) is 3.14. The number of nitrogens with zero attached hydrogens (tertiary/aromatic N) is 1. The van der Waals surface area contributed by atoms with Crippen LogP contribution in [0.3, 0.4) is 0 Å². The average Bonchev–Trinajstić information content (AvgIpc) is 1.56. The molecule has 0 aromatic heterocycles. The first kappa shape index (κ1) is 7.80. The number of allylic oxidation sites excluding steroid dienone is 1. The summed E-state index contributed by atoms with van der Waals surface area (Å²) in [5.74, 6) is 0. The second-order valence-corrected chi connectivity index (χ2v) is 3.60. The second kappa shape index (κ2) is 2.75. The fraction of sp³-hybridized carbons (Fsp3) is 0.778. The molecule has 0 atom stereocenters. The third kappa shape index (κ3) is 1.40. The summed E-state index contributed by atoms with van der Waals surface area (Å²) in [7, 11) is 0. The van der Waals surface area contributed by atoms with Gasteiger partial charge in [0.05, 0.1) is 0 Å². The normalized spacial score (nSPS) is 19.5. The maximum absolute atomic E-state index is 2.47. The van der Waals surface area contributed by atoms with Crippen molar-refractivity contribution in [3.8, 4) is 0 Å². The van der Waals surface area contributed by atoms with Crippen LogP contribution in [-0.2, 0) is 0 Å². The zero-order valence-corrected chi connectivity index (χ0v) is 7.44. The van der Waals surface area contributed by atoms with E-state index in [1.807, 2.05) is 0 Å². The van der Waals surface area contributed by atoms with Gasteiger partial charge < -0.3 is 0 Å².